The maximum Gasteiger partial charge on any atom is 0.340 e. The maximum absolute atomic E-state index is 12.0. The van der Waals surface area contributed by atoms with E-state index in [1.54, 1.807) is 43.5 Å². The third kappa shape index (κ3) is 3.27. The molecule has 0 unspecified atom stereocenters. The van der Waals surface area contributed by atoms with Crippen molar-refractivity contribution in [3.8, 4) is 0 Å². The number of para-hydroxylation sites is 1. The summed E-state index contributed by atoms with van der Waals surface area (Å²) in [5.41, 5.74) is 1.14. The second kappa shape index (κ2) is 6.38. The molecule has 0 fully saturated rings. The molecule has 2 N–H and O–H groups in total. The highest BCUT2D eigenvalue weighted by atomic mass is 79.9. The second-order valence-electron chi connectivity index (χ2n) is 3.95. The average Bonchev–Trinajstić information content (AvgIpc) is 2.86. The summed E-state index contributed by atoms with van der Waals surface area (Å²) in [5.74, 6) is -0.788. The molecule has 104 valence electrons. The molecule has 5 nitrogen and oxygen atoms in total. The van der Waals surface area contributed by atoms with Crippen LogP contribution >= 0.6 is 15.9 Å². The summed E-state index contributed by atoms with van der Waals surface area (Å²) in [7, 11) is 0. The van der Waals surface area contributed by atoms with E-state index in [-0.39, 0.29) is 12.5 Å². The highest BCUT2D eigenvalue weighted by molar-refractivity contribution is 9.10. The molecule has 0 atom stereocenters. The molecular weight excluding hydrogens is 324 g/mol. The van der Waals surface area contributed by atoms with E-state index in [1.807, 2.05) is 0 Å². The molecule has 20 heavy (non-hydrogen) atoms. The van der Waals surface area contributed by atoms with Gasteiger partial charge in [-0.2, -0.15) is 0 Å². The lowest BCUT2D eigenvalue weighted by Gasteiger charge is -2.09. The number of aromatic nitrogens is 1. The van der Waals surface area contributed by atoms with Crippen molar-refractivity contribution < 1.29 is 14.3 Å². The number of halogens is 1. The number of anilines is 1. The molecule has 2 rings (SSSR count). The zero-order chi connectivity index (χ0) is 14.5. The molecule has 1 aromatic heterocycles. The molecule has 0 bridgehead atoms. The Hall–Kier alpha value is -2.08. The van der Waals surface area contributed by atoms with Gasteiger partial charge in [0.05, 0.1) is 17.9 Å². The monoisotopic (exact) mass is 336 g/mol. The van der Waals surface area contributed by atoms with Gasteiger partial charge in [0.25, 0.3) is 5.91 Å². The van der Waals surface area contributed by atoms with Crippen LogP contribution in [0.4, 0.5) is 5.69 Å². The molecule has 0 radical (unpaired) electrons. The minimum atomic E-state index is -0.462. The number of rotatable bonds is 4. The van der Waals surface area contributed by atoms with E-state index in [1.165, 1.54) is 0 Å². The molecule has 1 amide bonds. The minimum Gasteiger partial charge on any atom is -0.462 e. The van der Waals surface area contributed by atoms with Crippen molar-refractivity contribution >= 4 is 33.5 Å². The number of benzene rings is 1. The van der Waals surface area contributed by atoms with Crippen molar-refractivity contribution in [3.05, 3.63) is 52.3 Å². The first kappa shape index (κ1) is 14.3. The van der Waals surface area contributed by atoms with E-state index in [2.05, 4.69) is 26.2 Å². The number of hydrogen-bond donors (Lipinski definition) is 2. The van der Waals surface area contributed by atoms with Gasteiger partial charge in [0.15, 0.2) is 0 Å². The molecule has 1 aromatic carbocycles. The Morgan fingerprint density at radius 2 is 2.10 bits per heavy atom. The van der Waals surface area contributed by atoms with Gasteiger partial charge < -0.3 is 15.0 Å². The third-order valence-corrected chi connectivity index (χ3v) is 3.02. The highest BCUT2D eigenvalue weighted by Crippen LogP contribution is 2.18. The van der Waals surface area contributed by atoms with Crippen LogP contribution in [0.15, 0.2) is 41.0 Å². The standard InChI is InChI=1S/C14H13BrN2O3/c1-2-20-14(19)10-5-3-4-6-11(10)17-13(18)12-7-9(15)8-16-12/h3-8,16H,2H2,1H3,(H,17,18). The van der Waals surface area contributed by atoms with Gasteiger partial charge in [0.2, 0.25) is 0 Å². The predicted octanol–water partition coefficient (Wildman–Crippen LogP) is 3.21. The number of esters is 1. The van der Waals surface area contributed by atoms with Crippen molar-refractivity contribution in [1.29, 1.82) is 0 Å². The van der Waals surface area contributed by atoms with Crippen LogP contribution in [0.2, 0.25) is 0 Å². The zero-order valence-corrected chi connectivity index (χ0v) is 12.4. The van der Waals surface area contributed by atoms with E-state index in [0.717, 1.165) is 4.47 Å². The normalized spacial score (nSPS) is 10.1. The first-order valence-corrected chi connectivity index (χ1v) is 6.82. The van der Waals surface area contributed by atoms with Gasteiger partial charge in [0, 0.05) is 10.7 Å². The van der Waals surface area contributed by atoms with Crippen LogP contribution in [0.3, 0.4) is 0 Å². The first-order chi connectivity index (χ1) is 9.61. The molecule has 1 heterocycles. The van der Waals surface area contributed by atoms with Crippen molar-refractivity contribution in [3.63, 3.8) is 0 Å². The molecule has 0 aliphatic rings. The van der Waals surface area contributed by atoms with Gasteiger partial charge in [-0.05, 0) is 41.1 Å². The summed E-state index contributed by atoms with van der Waals surface area (Å²) in [6, 6.07) is 8.37. The van der Waals surface area contributed by atoms with Crippen LogP contribution in [-0.2, 0) is 4.74 Å². The molecule has 0 saturated heterocycles. The number of amides is 1. The van der Waals surface area contributed by atoms with Crippen molar-refractivity contribution in [2.45, 2.75) is 6.92 Å². The van der Waals surface area contributed by atoms with E-state index >= 15 is 0 Å². The summed E-state index contributed by atoms with van der Waals surface area (Å²) in [5, 5.41) is 2.69. The van der Waals surface area contributed by atoms with Crippen molar-refractivity contribution in [2.24, 2.45) is 0 Å². The van der Waals surface area contributed by atoms with Gasteiger partial charge in [-0.15, -0.1) is 0 Å². The number of carbonyl (C=O) groups is 2. The van der Waals surface area contributed by atoms with E-state index < -0.39 is 5.97 Å². The molecule has 0 saturated carbocycles. The van der Waals surface area contributed by atoms with Gasteiger partial charge in [-0.3, -0.25) is 4.79 Å². The Kier molecular flexibility index (Phi) is 4.57. The number of aromatic amines is 1. The minimum absolute atomic E-state index is 0.282. The first-order valence-electron chi connectivity index (χ1n) is 6.03. The fraction of sp³-hybridized carbons (Fsp3) is 0.143. The molecular formula is C14H13BrN2O3. The molecule has 0 aliphatic heterocycles. The summed E-state index contributed by atoms with van der Waals surface area (Å²) in [6.07, 6.45) is 1.66. The molecule has 0 spiro atoms. The van der Waals surface area contributed by atoms with Crippen LogP contribution in [0.1, 0.15) is 27.8 Å². The number of hydrogen-bond acceptors (Lipinski definition) is 3. The summed E-state index contributed by atoms with van der Waals surface area (Å²) >= 11 is 3.26. The Morgan fingerprint density at radius 3 is 2.75 bits per heavy atom. The number of H-pyrrole nitrogens is 1. The fourth-order valence-electron chi connectivity index (χ4n) is 1.67. The molecule has 6 heteroatoms. The Balaban J connectivity index is 2.21. The van der Waals surface area contributed by atoms with Gasteiger partial charge in [-0.1, -0.05) is 12.1 Å². The fourth-order valence-corrected chi connectivity index (χ4v) is 2.01. The summed E-state index contributed by atoms with van der Waals surface area (Å²) in [6.45, 7) is 2.01. The molecule has 2 aromatic rings. The number of nitrogens with one attached hydrogen (secondary N) is 2. The van der Waals surface area contributed by atoms with Gasteiger partial charge in [0.1, 0.15) is 5.69 Å². The van der Waals surface area contributed by atoms with E-state index in [0.29, 0.717) is 16.9 Å². The molecule has 0 aliphatic carbocycles. The Morgan fingerprint density at radius 1 is 1.35 bits per heavy atom. The average molecular weight is 337 g/mol. The van der Waals surface area contributed by atoms with E-state index in [4.69, 9.17) is 4.74 Å². The SMILES string of the molecule is CCOC(=O)c1ccccc1NC(=O)c1cc(Br)c[nH]1. The Labute approximate surface area is 124 Å². The summed E-state index contributed by atoms with van der Waals surface area (Å²) < 4.78 is 5.73. The largest absolute Gasteiger partial charge is 0.462 e. The van der Waals surface area contributed by atoms with Crippen LogP contribution in [-0.4, -0.2) is 23.5 Å². The quantitative estimate of drug-likeness (QED) is 0.842. The van der Waals surface area contributed by atoms with Crippen LogP contribution in [0, 0.1) is 0 Å². The van der Waals surface area contributed by atoms with Crippen LogP contribution < -0.4 is 5.32 Å². The number of carbonyl (C=O) groups excluding carboxylic acids is 2. The number of ether oxygens (including phenoxy) is 1. The van der Waals surface area contributed by atoms with Gasteiger partial charge in [-0.25, -0.2) is 4.79 Å². The lowest BCUT2D eigenvalue weighted by molar-refractivity contribution is 0.0527. The van der Waals surface area contributed by atoms with Crippen LogP contribution in [0.25, 0.3) is 0 Å². The second-order valence-corrected chi connectivity index (χ2v) is 4.87. The highest BCUT2D eigenvalue weighted by Gasteiger charge is 2.15. The van der Waals surface area contributed by atoms with Gasteiger partial charge >= 0.3 is 5.97 Å². The lowest BCUT2D eigenvalue weighted by Crippen LogP contribution is -2.16. The third-order valence-electron chi connectivity index (χ3n) is 2.56. The maximum atomic E-state index is 12.0. The smallest absolute Gasteiger partial charge is 0.340 e. The van der Waals surface area contributed by atoms with E-state index in [9.17, 15) is 9.59 Å². The topological polar surface area (TPSA) is 71.2 Å². The predicted molar refractivity (Wildman–Crippen MR) is 78.8 cm³/mol. The Bertz CT molecular complexity index is 637. The lowest BCUT2D eigenvalue weighted by atomic mass is 10.1. The zero-order valence-electron chi connectivity index (χ0n) is 10.8. The summed E-state index contributed by atoms with van der Waals surface area (Å²) in [4.78, 5) is 26.7. The van der Waals surface area contributed by atoms with Crippen molar-refractivity contribution in [1.82, 2.24) is 4.98 Å². The van der Waals surface area contributed by atoms with Crippen molar-refractivity contribution in [2.75, 3.05) is 11.9 Å². The van der Waals surface area contributed by atoms with Crippen LogP contribution in [0.5, 0.6) is 0 Å².